The summed E-state index contributed by atoms with van der Waals surface area (Å²) in [7, 11) is 0. The van der Waals surface area contributed by atoms with Crippen molar-refractivity contribution in [1.82, 2.24) is 15.2 Å². The van der Waals surface area contributed by atoms with E-state index in [1.54, 1.807) is 12.4 Å². The van der Waals surface area contributed by atoms with Crippen molar-refractivity contribution in [2.24, 2.45) is 5.92 Å². The molecule has 0 spiro atoms. The van der Waals surface area contributed by atoms with Crippen molar-refractivity contribution in [3.63, 3.8) is 0 Å². The number of nitrogens with one attached hydrogen (secondary N) is 1. The average molecular weight is 279 g/mol. The molecule has 0 aliphatic carbocycles. The molecule has 0 atom stereocenters. The Bertz CT molecular complexity index is 474. The number of urea groups is 1. The number of pyridine rings is 1. The second kappa shape index (κ2) is 7.47. The first-order chi connectivity index (χ1) is 9.40. The summed E-state index contributed by atoms with van der Waals surface area (Å²) in [5, 5.41) is 11.6. The first-order valence-electron chi connectivity index (χ1n) is 6.54. The van der Waals surface area contributed by atoms with Gasteiger partial charge in [-0.2, -0.15) is 0 Å². The van der Waals surface area contributed by atoms with Gasteiger partial charge in [-0.05, 0) is 30.0 Å². The minimum Gasteiger partial charge on any atom is -0.480 e. The monoisotopic (exact) mass is 279 g/mol. The minimum atomic E-state index is -1.02. The number of carboxylic acid groups (broad SMARTS) is 1. The highest BCUT2D eigenvalue weighted by atomic mass is 16.4. The van der Waals surface area contributed by atoms with Gasteiger partial charge in [0.15, 0.2) is 0 Å². The molecule has 2 amide bonds. The fourth-order valence-electron chi connectivity index (χ4n) is 1.79. The summed E-state index contributed by atoms with van der Waals surface area (Å²) in [5.41, 5.74) is 1.95. The van der Waals surface area contributed by atoms with E-state index in [0.29, 0.717) is 13.1 Å². The van der Waals surface area contributed by atoms with Crippen LogP contribution in [0.1, 0.15) is 25.0 Å². The molecule has 1 aromatic heterocycles. The van der Waals surface area contributed by atoms with Crippen LogP contribution >= 0.6 is 0 Å². The highest BCUT2D eigenvalue weighted by molar-refractivity contribution is 5.80. The van der Waals surface area contributed by atoms with Gasteiger partial charge in [-0.3, -0.25) is 9.78 Å². The number of carbonyl (C=O) groups is 2. The summed E-state index contributed by atoms with van der Waals surface area (Å²) >= 11 is 0. The van der Waals surface area contributed by atoms with E-state index in [0.717, 1.165) is 11.1 Å². The summed E-state index contributed by atoms with van der Waals surface area (Å²) in [6.07, 6.45) is 3.38. The van der Waals surface area contributed by atoms with E-state index in [4.69, 9.17) is 5.11 Å². The summed E-state index contributed by atoms with van der Waals surface area (Å²) in [6.45, 7) is 6.26. The van der Waals surface area contributed by atoms with Crippen molar-refractivity contribution in [3.8, 4) is 0 Å². The number of carboxylic acids is 1. The van der Waals surface area contributed by atoms with Gasteiger partial charge < -0.3 is 15.3 Å². The molecule has 0 unspecified atom stereocenters. The lowest BCUT2D eigenvalue weighted by atomic mass is 10.1. The van der Waals surface area contributed by atoms with E-state index >= 15 is 0 Å². The van der Waals surface area contributed by atoms with Crippen molar-refractivity contribution in [2.75, 3.05) is 13.1 Å². The predicted octanol–water partition coefficient (Wildman–Crippen LogP) is 1.64. The number of aryl methyl sites for hydroxylation is 1. The smallest absolute Gasteiger partial charge is 0.323 e. The molecule has 0 aliphatic rings. The number of amides is 2. The maximum atomic E-state index is 12.0. The molecule has 1 heterocycles. The molecule has 2 N–H and O–H groups in total. The van der Waals surface area contributed by atoms with Crippen LogP contribution in [-0.2, 0) is 11.3 Å². The molecular weight excluding hydrogens is 258 g/mol. The maximum absolute atomic E-state index is 12.0. The van der Waals surface area contributed by atoms with E-state index in [9.17, 15) is 9.59 Å². The molecule has 0 aromatic carbocycles. The molecule has 20 heavy (non-hydrogen) atoms. The lowest BCUT2D eigenvalue weighted by Gasteiger charge is -2.23. The van der Waals surface area contributed by atoms with E-state index in [-0.39, 0.29) is 18.5 Å². The summed E-state index contributed by atoms with van der Waals surface area (Å²) < 4.78 is 0. The first kappa shape index (κ1) is 15.9. The topological polar surface area (TPSA) is 82.5 Å². The number of carbonyl (C=O) groups excluding carboxylic acids is 1. The Morgan fingerprint density at radius 3 is 2.70 bits per heavy atom. The second-order valence-electron chi connectivity index (χ2n) is 5.13. The number of hydrogen-bond acceptors (Lipinski definition) is 3. The van der Waals surface area contributed by atoms with Crippen molar-refractivity contribution in [2.45, 2.75) is 27.3 Å². The molecule has 0 fully saturated rings. The van der Waals surface area contributed by atoms with Crippen molar-refractivity contribution < 1.29 is 14.7 Å². The standard InChI is InChI=1S/C14H21N3O3/c1-10(2)8-17(9-13(18)19)14(20)16-7-12-6-15-5-4-11(12)3/h4-6,10H,7-9H2,1-3H3,(H,16,20)(H,18,19). The Kier molecular flexibility index (Phi) is 5.96. The fourth-order valence-corrected chi connectivity index (χ4v) is 1.79. The number of rotatable bonds is 6. The second-order valence-corrected chi connectivity index (χ2v) is 5.13. The molecule has 6 heteroatoms. The number of hydrogen-bond donors (Lipinski definition) is 2. The zero-order valence-corrected chi connectivity index (χ0v) is 12.1. The van der Waals surface area contributed by atoms with Crippen LogP contribution < -0.4 is 5.32 Å². The van der Waals surface area contributed by atoms with Gasteiger partial charge in [-0.25, -0.2) is 4.79 Å². The van der Waals surface area contributed by atoms with Crippen molar-refractivity contribution >= 4 is 12.0 Å². The normalized spacial score (nSPS) is 10.4. The van der Waals surface area contributed by atoms with Gasteiger partial charge in [0, 0.05) is 25.5 Å². The molecule has 0 bridgehead atoms. The molecule has 1 rings (SSSR count). The van der Waals surface area contributed by atoms with Gasteiger partial charge in [-0.1, -0.05) is 13.8 Å². The molecule has 0 saturated carbocycles. The Hall–Kier alpha value is -2.11. The largest absolute Gasteiger partial charge is 0.480 e. The third-order valence-corrected chi connectivity index (χ3v) is 2.78. The number of aromatic nitrogens is 1. The van der Waals surface area contributed by atoms with Crippen LogP contribution in [0.4, 0.5) is 4.79 Å². The van der Waals surface area contributed by atoms with Gasteiger partial charge in [-0.15, -0.1) is 0 Å². The quantitative estimate of drug-likeness (QED) is 0.829. The Labute approximate surface area is 118 Å². The van der Waals surface area contributed by atoms with Crippen LogP contribution in [0.15, 0.2) is 18.5 Å². The van der Waals surface area contributed by atoms with E-state index in [2.05, 4.69) is 10.3 Å². The summed E-state index contributed by atoms with van der Waals surface area (Å²) in [5.74, 6) is -0.807. The van der Waals surface area contributed by atoms with Gasteiger partial charge in [0.2, 0.25) is 0 Å². The fraction of sp³-hybridized carbons (Fsp3) is 0.500. The Morgan fingerprint density at radius 2 is 2.15 bits per heavy atom. The van der Waals surface area contributed by atoms with Crippen molar-refractivity contribution in [3.05, 3.63) is 29.6 Å². The van der Waals surface area contributed by atoms with Gasteiger partial charge >= 0.3 is 12.0 Å². The van der Waals surface area contributed by atoms with Crippen LogP contribution in [-0.4, -0.2) is 40.1 Å². The van der Waals surface area contributed by atoms with Crippen molar-refractivity contribution in [1.29, 1.82) is 0 Å². The molecule has 0 radical (unpaired) electrons. The van der Waals surface area contributed by atoms with Crippen LogP contribution in [0.25, 0.3) is 0 Å². The maximum Gasteiger partial charge on any atom is 0.323 e. The molecular formula is C14H21N3O3. The number of aliphatic carboxylic acids is 1. The van der Waals surface area contributed by atoms with Crippen LogP contribution in [0.3, 0.4) is 0 Å². The summed E-state index contributed by atoms with van der Waals surface area (Å²) in [4.78, 5) is 28.1. The predicted molar refractivity (Wildman–Crippen MR) is 75.3 cm³/mol. The van der Waals surface area contributed by atoms with Gasteiger partial charge in [0.1, 0.15) is 6.54 Å². The average Bonchev–Trinajstić information content (AvgIpc) is 2.35. The van der Waals surface area contributed by atoms with Crippen LogP contribution in [0.2, 0.25) is 0 Å². The molecule has 1 aromatic rings. The van der Waals surface area contributed by atoms with E-state index < -0.39 is 5.97 Å². The Morgan fingerprint density at radius 1 is 1.45 bits per heavy atom. The highest BCUT2D eigenvalue weighted by Gasteiger charge is 2.17. The lowest BCUT2D eigenvalue weighted by molar-refractivity contribution is -0.137. The van der Waals surface area contributed by atoms with E-state index in [1.165, 1.54) is 4.90 Å². The SMILES string of the molecule is Cc1ccncc1CNC(=O)N(CC(=O)O)CC(C)C. The van der Waals surface area contributed by atoms with Gasteiger partial charge in [0.05, 0.1) is 0 Å². The molecule has 0 saturated heterocycles. The lowest BCUT2D eigenvalue weighted by Crippen LogP contribution is -2.44. The zero-order chi connectivity index (χ0) is 15.1. The minimum absolute atomic E-state index is 0.209. The zero-order valence-electron chi connectivity index (χ0n) is 12.1. The van der Waals surface area contributed by atoms with Crippen LogP contribution in [0, 0.1) is 12.8 Å². The van der Waals surface area contributed by atoms with Crippen LogP contribution in [0.5, 0.6) is 0 Å². The molecule has 6 nitrogen and oxygen atoms in total. The first-order valence-corrected chi connectivity index (χ1v) is 6.54. The third-order valence-electron chi connectivity index (χ3n) is 2.78. The number of nitrogens with zero attached hydrogens (tertiary/aromatic N) is 2. The Balaban J connectivity index is 2.62. The summed E-state index contributed by atoms with van der Waals surface area (Å²) in [6, 6.07) is 1.49. The molecule has 0 aliphatic heterocycles. The van der Waals surface area contributed by atoms with Gasteiger partial charge in [0.25, 0.3) is 0 Å². The highest BCUT2D eigenvalue weighted by Crippen LogP contribution is 2.05. The van der Waals surface area contributed by atoms with E-state index in [1.807, 2.05) is 26.8 Å². The third kappa shape index (κ3) is 5.26. The molecule has 110 valence electrons.